The van der Waals surface area contributed by atoms with E-state index in [0.29, 0.717) is 6.04 Å². The Kier molecular flexibility index (Phi) is 5.86. The van der Waals surface area contributed by atoms with Crippen molar-refractivity contribution in [2.45, 2.75) is 32.2 Å². The van der Waals surface area contributed by atoms with Gasteiger partial charge in [0, 0.05) is 23.2 Å². The van der Waals surface area contributed by atoms with Gasteiger partial charge in [-0.05, 0) is 48.9 Å². The summed E-state index contributed by atoms with van der Waals surface area (Å²) in [6.07, 6.45) is 3.20. The molecule has 0 aliphatic carbocycles. The lowest BCUT2D eigenvalue weighted by Gasteiger charge is -2.17. The van der Waals surface area contributed by atoms with E-state index in [-0.39, 0.29) is 0 Å². The first-order valence-electron chi connectivity index (χ1n) is 6.93. The van der Waals surface area contributed by atoms with Gasteiger partial charge in [0.15, 0.2) is 0 Å². The summed E-state index contributed by atoms with van der Waals surface area (Å²) in [4.78, 5) is 0. The van der Waals surface area contributed by atoms with Crippen LogP contribution in [-0.2, 0) is 12.8 Å². The van der Waals surface area contributed by atoms with Gasteiger partial charge in [0.05, 0.1) is 6.61 Å². The van der Waals surface area contributed by atoms with Crippen molar-refractivity contribution in [3.8, 4) is 5.75 Å². The van der Waals surface area contributed by atoms with Gasteiger partial charge in [0.2, 0.25) is 0 Å². The summed E-state index contributed by atoms with van der Waals surface area (Å²) in [5.74, 6) is 3.43. The van der Waals surface area contributed by atoms with Crippen LogP contribution < -0.4 is 10.1 Å². The molecule has 0 amide bonds. The zero-order valence-corrected chi connectivity index (χ0v) is 13.2. The van der Waals surface area contributed by atoms with Crippen LogP contribution in [0.4, 0.5) is 0 Å². The first-order chi connectivity index (χ1) is 9.24. The molecule has 4 heteroatoms. The van der Waals surface area contributed by atoms with Gasteiger partial charge in [-0.1, -0.05) is 18.5 Å². The molecule has 0 saturated carbocycles. The van der Waals surface area contributed by atoms with Gasteiger partial charge < -0.3 is 10.1 Å². The van der Waals surface area contributed by atoms with E-state index in [4.69, 9.17) is 16.3 Å². The predicted octanol–water partition coefficient (Wildman–Crippen LogP) is 3.55. The molecule has 1 heterocycles. The van der Waals surface area contributed by atoms with Crippen molar-refractivity contribution in [2.24, 2.45) is 0 Å². The van der Waals surface area contributed by atoms with E-state index >= 15 is 0 Å². The highest BCUT2D eigenvalue weighted by Gasteiger charge is 2.19. The molecule has 106 valence electrons. The quantitative estimate of drug-likeness (QED) is 0.778. The van der Waals surface area contributed by atoms with Crippen molar-refractivity contribution >= 4 is 23.4 Å². The molecule has 0 radical (unpaired) electrons. The van der Waals surface area contributed by atoms with Crippen molar-refractivity contribution in [1.29, 1.82) is 0 Å². The molecule has 0 saturated heterocycles. The van der Waals surface area contributed by atoms with Gasteiger partial charge in [-0.15, -0.1) is 0 Å². The summed E-state index contributed by atoms with van der Waals surface area (Å²) in [5.41, 5.74) is 2.51. The third-order valence-electron chi connectivity index (χ3n) is 3.37. The van der Waals surface area contributed by atoms with E-state index < -0.39 is 0 Å². The van der Waals surface area contributed by atoms with Crippen LogP contribution >= 0.6 is 23.4 Å². The largest absolute Gasteiger partial charge is 0.493 e. The van der Waals surface area contributed by atoms with E-state index in [1.807, 2.05) is 24.9 Å². The van der Waals surface area contributed by atoms with Gasteiger partial charge in [-0.2, -0.15) is 11.8 Å². The van der Waals surface area contributed by atoms with Crippen LogP contribution in [0.1, 0.15) is 24.5 Å². The molecule has 19 heavy (non-hydrogen) atoms. The summed E-state index contributed by atoms with van der Waals surface area (Å²) in [6, 6.07) is 4.57. The minimum absolute atomic E-state index is 0.475. The first kappa shape index (κ1) is 15.0. The van der Waals surface area contributed by atoms with Crippen LogP contribution in [-0.4, -0.2) is 31.2 Å². The molecule has 1 aliphatic rings. The second-order valence-corrected chi connectivity index (χ2v) is 6.50. The lowest BCUT2D eigenvalue weighted by molar-refractivity contribution is 0.352. The zero-order chi connectivity index (χ0) is 13.7. The lowest BCUT2D eigenvalue weighted by atomic mass is 10.0. The minimum Gasteiger partial charge on any atom is -0.493 e. The average Bonchev–Trinajstić information content (AvgIpc) is 2.85. The van der Waals surface area contributed by atoms with Crippen LogP contribution in [0.5, 0.6) is 5.75 Å². The Labute approximate surface area is 125 Å². The molecule has 1 N–H and O–H groups in total. The van der Waals surface area contributed by atoms with Gasteiger partial charge in [-0.3, -0.25) is 0 Å². The van der Waals surface area contributed by atoms with Crippen molar-refractivity contribution in [1.82, 2.24) is 5.32 Å². The summed E-state index contributed by atoms with van der Waals surface area (Å²) in [6.45, 7) is 3.01. The maximum atomic E-state index is 6.20. The Morgan fingerprint density at radius 2 is 2.32 bits per heavy atom. The van der Waals surface area contributed by atoms with Gasteiger partial charge in [0.1, 0.15) is 5.75 Å². The number of ether oxygens (including phenoxy) is 1. The van der Waals surface area contributed by atoms with Crippen LogP contribution in [0.25, 0.3) is 0 Å². The molecule has 1 aliphatic heterocycles. The van der Waals surface area contributed by atoms with E-state index in [9.17, 15) is 0 Å². The normalized spacial score (nSPS) is 15.1. The van der Waals surface area contributed by atoms with E-state index in [0.717, 1.165) is 36.0 Å². The monoisotopic (exact) mass is 299 g/mol. The second-order valence-electron chi connectivity index (χ2n) is 4.92. The molecular weight excluding hydrogens is 278 g/mol. The van der Waals surface area contributed by atoms with Gasteiger partial charge in [0.25, 0.3) is 0 Å². The highest BCUT2D eigenvalue weighted by Crippen LogP contribution is 2.33. The summed E-state index contributed by atoms with van der Waals surface area (Å²) in [7, 11) is 2.03. The molecule has 1 aromatic carbocycles. The number of benzene rings is 1. The number of hydrogen-bond donors (Lipinski definition) is 1. The van der Waals surface area contributed by atoms with Gasteiger partial charge in [-0.25, -0.2) is 0 Å². The smallest absolute Gasteiger partial charge is 0.125 e. The summed E-state index contributed by atoms with van der Waals surface area (Å²) in [5, 5.41) is 4.23. The molecule has 2 rings (SSSR count). The maximum absolute atomic E-state index is 6.20. The topological polar surface area (TPSA) is 21.3 Å². The number of rotatable bonds is 7. The minimum atomic E-state index is 0.475. The van der Waals surface area contributed by atoms with Crippen molar-refractivity contribution in [3.05, 3.63) is 28.3 Å². The molecule has 0 spiro atoms. The van der Waals surface area contributed by atoms with Crippen LogP contribution in [0, 0.1) is 0 Å². The van der Waals surface area contributed by atoms with Crippen molar-refractivity contribution in [2.75, 3.05) is 25.2 Å². The third kappa shape index (κ3) is 4.04. The molecule has 1 unspecified atom stereocenters. The van der Waals surface area contributed by atoms with E-state index in [1.54, 1.807) is 0 Å². The highest BCUT2D eigenvalue weighted by atomic mass is 35.5. The predicted molar refractivity (Wildman–Crippen MR) is 84.8 cm³/mol. The Balaban J connectivity index is 2.05. The Bertz CT molecular complexity index is 425. The van der Waals surface area contributed by atoms with E-state index in [2.05, 4.69) is 18.3 Å². The SMILES string of the molecule is CCCSCC(Cc1cc(Cl)cc2c1OCC2)NC. The van der Waals surface area contributed by atoms with Crippen LogP contribution in [0.2, 0.25) is 5.02 Å². The first-order valence-corrected chi connectivity index (χ1v) is 8.47. The number of fused-ring (bicyclic) bond motifs is 1. The zero-order valence-electron chi connectivity index (χ0n) is 11.7. The Morgan fingerprint density at radius 1 is 1.47 bits per heavy atom. The molecule has 1 atom stereocenters. The number of nitrogens with one attached hydrogen (secondary N) is 1. The van der Waals surface area contributed by atoms with Crippen LogP contribution in [0.15, 0.2) is 12.1 Å². The fourth-order valence-electron chi connectivity index (χ4n) is 2.38. The Hall–Kier alpha value is -0.380. The lowest BCUT2D eigenvalue weighted by Crippen LogP contribution is -2.30. The second kappa shape index (κ2) is 7.41. The number of likely N-dealkylation sites (N-methyl/N-ethyl adjacent to an activating group) is 1. The Morgan fingerprint density at radius 3 is 3.05 bits per heavy atom. The molecule has 1 aromatic rings. The number of halogens is 1. The average molecular weight is 300 g/mol. The summed E-state index contributed by atoms with van der Waals surface area (Å²) >= 11 is 8.21. The highest BCUT2D eigenvalue weighted by molar-refractivity contribution is 7.99. The maximum Gasteiger partial charge on any atom is 0.125 e. The fourth-order valence-corrected chi connectivity index (χ4v) is 3.67. The van der Waals surface area contributed by atoms with Crippen LogP contribution in [0.3, 0.4) is 0 Å². The van der Waals surface area contributed by atoms with Crippen molar-refractivity contribution < 1.29 is 4.74 Å². The van der Waals surface area contributed by atoms with Crippen molar-refractivity contribution in [3.63, 3.8) is 0 Å². The molecule has 0 bridgehead atoms. The standard InChI is InChI=1S/C15H22ClNOS/c1-3-6-19-10-14(17-2)9-12-8-13(16)7-11-4-5-18-15(11)12/h7-8,14,17H,3-6,9-10H2,1-2H3. The fraction of sp³-hybridized carbons (Fsp3) is 0.600. The third-order valence-corrected chi connectivity index (χ3v) is 4.92. The molecule has 0 aromatic heterocycles. The summed E-state index contributed by atoms with van der Waals surface area (Å²) < 4.78 is 5.76. The molecule has 0 fully saturated rings. The number of thioether (sulfide) groups is 1. The van der Waals surface area contributed by atoms with E-state index in [1.165, 1.54) is 23.3 Å². The van der Waals surface area contributed by atoms with Gasteiger partial charge >= 0.3 is 0 Å². The number of hydrogen-bond acceptors (Lipinski definition) is 3. The molecular formula is C15H22ClNOS. The molecule has 2 nitrogen and oxygen atoms in total.